The number of fused-ring (bicyclic) bond motifs is 3. The van der Waals surface area contributed by atoms with Crippen molar-refractivity contribution in [3.63, 3.8) is 0 Å². The summed E-state index contributed by atoms with van der Waals surface area (Å²) in [5.41, 5.74) is 14.5. The third-order valence-corrected chi connectivity index (χ3v) is 7.97. The van der Waals surface area contributed by atoms with Crippen molar-refractivity contribution in [3.05, 3.63) is 146 Å². The molecule has 2 aromatic heterocycles. The minimum Gasteiger partial charge on any atom is -0.264 e. The number of nitrogens with zero attached hydrogens (tertiary/aromatic N) is 2. The van der Waals surface area contributed by atoms with Crippen molar-refractivity contribution >= 4 is 10.8 Å². The molecule has 7 aromatic rings. The van der Waals surface area contributed by atoms with Crippen LogP contribution in [0.15, 0.2) is 146 Å². The highest BCUT2D eigenvalue weighted by atomic mass is 14.6. The summed E-state index contributed by atoms with van der Waals surface area (Å²) < 4.78 is 0. The molecule has 0 N–H and O–H groups in total. The van der Waals surface area contributed by atoms with Crippen LogP contribution >= 0.6 is 0 Å². The molecule has 2 heteroatoms. The van der Waals surface area contributed by atoms with Crippen molar-refractivity contribution in [3.8, 4) is 66.8 Å². The van der Waals surface area contributed by atoms with Crippen LogP contribution in [0.1, 0.15) is 0 Å². The van der Waals surface area contributed by atoms with Crippen LogP contribution in [0.5, 0.6) is 0 Å². The number of hydrogen-bond acceptors (Lipinski definition) is 2. The molecular formula is C38H24N2. The van der Waals surface area contributed by atoms with Gasteiger partial charge in [-0.2, -0.15) is 0 Å². The fraction of sp³-hybridized carbons (Fsp3) is 0. The molecule has 0 spiro atoms. The average molecular weight is 509 g/mol. The molecule has 1 aliphatic rings. The standard InChI is InChI=1S/C38H24N2/c1-3-11-26(12-4-1)33-35(28-17-9-21-39-23-28)36(29-18-10-22-40-24-29)34(27-13-5-2-6-14-27)38-31-20-8-16-25-15-7-19-30(32(25)31)37(33)38/h1-24H. The summed E-state index contributed by atoms with van der Waals surface area (Å²) in [5, 5.41) is 2.57. The van der Waals surface area contributed by atoms with E-state index in [1.54, 1.807) is 0 Å². The molecule has 0 fully saturated rings. The van der Waals surface area contributed by atoms with Gasteiger partial charge in [0, 0.05) is 47.0 Å². The first-order valence-corrected chi connectivity index (χ1v) is 13.6. The zero-order valence-corrected chi connectivity index (χ0v) is 21.8. The molecule has 0 unspecified atom stereocenters. The van der Waals surface area contributed by atoms with E-state index in [9.17, 15) is 0 Å². The predicted octanol–water partition coefficient (Wildman–Crippen LogP) is 9.95. The van der Waals surface area contributed by atoms with Crippen LogP contribution in [0.3, 0.4) is 0 Å². The largest absolute Gasteiger partial charge is 0.264 e. The second-order valence-electron chi connectivity index (χ2n) is 10.2. The maximum Gasteiger partial charge on any atom is 0.0346 e. The smallest absolute Gasteiger partial charge is 0.0346 e. The number of rotatable bonds is 4. The normalized spacial score (nSPS) is 11.5. The van der Waals surface area contributed by atoms with Gasteiger partial charge in [-0.1, -0.05) is 109 Å². The quantitative estimate of drug-likeness (QED) is 0.236. The molecule has 8 rings (SSSR count). The lowest BCUT2D eigenvalue weighted by Crippen LogP contribution is -2.00. The van der Waals surface area contributed by atoms with Crippen LogP contribution in [-0.2, 0) is 0 Å². The first-order chi connectivity index (χ1) is 19.9. The van der Waals surface area contributed by atoms with E-state index in [1.165, 1.54) is 66.4 Å². The van der Waals surface area contributed by atoms with Crippen molar-refractivity contribution < 1.29 is 0 Å². The van der Waals surface area contributed by atoms with Gasteiger partial charge in [-0.15, -0.1) is 0 Å². The van der Waals surface area contributed by atoms with Crippen molar-refractivity contribution in [1.82, 2.24) is 9.97 Å². The lowest BCUT2D eigenvalue weighted by atomic mass is 9.77. The van der Waals surface area contributed by atoms with E-state index in [4.69, 9.17) is 0 Å². The van der Waals surface area contributed by atoms with E-state index in [1.807, 2.05) is 36.9 Å². The van der Waals surface area contributed by atoms with Crippen molar-refractivity contribution in [2.75, 3.05) is 0 Å². The monoisotopic (exact) mass is 508 g/mol. The highest BCUT2D eigenvalue weighted by Gasteiger charge is 2.33. The molecule has 0 amide bonds. The van der Waals surface area contributed by atoms with E-state index in [2.05, 4.69) is 119 Å². The van der Waals surface area contributed by atoms with Crippen molar-refractivity contribution in [2.45, 2.75) is 0 Å². The first kappa shape index (κ1) is 22.6. The second kappa shape index (κ2) is 9.14. The summed E-state index contributed by atoms with van der Waals surface area (Å²) in [5.74, 6) is 0. The van der Waals surface area contributed by atoms with Gasteiger partial charge in [0.15, 0.2) is 0 Å². The summed E-state index contributed by atoms with van der Waals surface area (Å²) in [6.45, 7) is 0. The fourth-order valence-electron chi connectivity index (χ4n) is 6.43. The third kappa shape index (κ3) is 3.36. The summed E-state index contributed by atoms with van der Waals surface area (Å²) in [6.07, 6.45) is 7.67. The Morgan fingerprint density at radius 2 is 0.750 bits per heavy atom. The van der Waals surface area contributed by atoms with Gasteiger partial charge in [0.1, 0.15) is 0 Å². The Morgan fingerprint density at radius 1 is 0.325 bits per heavy atom. The average Bonchev–Trinajstić information content (AvgIpc) is 3.37. The SMILES string of the molecule is c1ccc(-c2c(-c3cccnc3)c(-c3cccnc3)c(-c3ccccc3)c3c2-c2cccc4cccc-3c24)cc1. The first-order valence-electron chi connectivity index (χ1n) is 13.6. The molecule has 0 saturated carbocycles. The van der Waals surface area contributed by atoms with Crippen LogP contribution in [-0.4, -0.2) is 9.97 Å². The summed E-state index contributed by atoms with van der Waals surface area (Å²) >= 11 is 0. The fourth-order valence-corrected chi connectivity index (χ4v) is 6.43. The molecule has 2 heterocycles. The van der Waals surface area contributed by atoms with Gasteiger partial charge in [-0.3, -0.25) is 9.97 Å². The minimum absolute atomic E-state index is 1.09. The molecular weight excluding hydrogens is 484 g/mol. The van der Waals surface area contributed by atoms with E-state index in [-0.39, 0.29) is 0 Å². The molecule has 0 saturated heterocycles. The highest BCUT2D eigenvalue weighted by Crippen LogP contribution is 2.60. The topological polar surface area (TPSA) is 25.8 Å². The van der Waals surface area contributed by atoms with Crippen LogP contribution < -0.4 is 0 Å². The lowest BCUT2D eigenvalue weighted by Gasteiger charge is -2.26. The zero-order valence-electron chi connectivity index (χ0n) is 21.8. The van der Waals surface area contributed by atoms with Crippen molar-refractivity contribution in [1.29, 1.82) is 0 Å². The van der Waals surface area contributed by atoms with E-state index >= 15 is 0 Å². The molecule has 186 valence electrons. The summed E-state index contributed by atoms with van der Waals surface area (Å²) in [6, 6.07) is 43.4. The Labute approximate surface area is 233 Å². The van der Waals surface area contributed by atoms with Gasteiger partial charge >= 0.3 is 0 Å². The lowest BCUT2D eigenvalue weighted by molar-refractivity contribution is 1.32. The molecule has 0 aliphatic heterocycles. The summed E-state index contributed by atoms with van der Waals surface area (Å²) in [4.78, 5) is 9.18. The number of benzene rings is 5. The Bertz CT molecular complexity index is 1870. The zero-order chi connectivity index (χ0) is 26.5. The molecule has 2 nitrogen and oxygen atoms in total. The number of aromatic nitrogens is 2. The number of hydrogen-bond donors (Lipinski definition) is 0. The van der Waals surface area contributed by atoms with Crippen molar-refractivity contribution in [2.24, 2.45) is 0 Å². The number of pyridine rings is 2. The predicted molar refractivity (Wildman–Crippen MR) is 166 cm³/mol. The Kier molecular flexibility index (Phi) is 5.17. The molecule has 5 aromatic carbocycles. The molecule has 0 radical (unpaired) electrons. The van der Waals surface area contributed by atoms with E-state index in [0.29, 0.717) is 0 Å². The summed E-state index contributed by atoms with van der Waals surface area (Å²) in [7, 11) is 0. The van der Waals surface area contributed by atoms with Gasteiger partial charge in [0.05, 0.1) is 0 Å². The van der Waals surface area contributed by atoms with Crippen LogP contribution in [0, 0.1) is 0 Å². The van der Waals surface area contributed by atoms with Crippen LogP contribution in [0.2, 0.25) is 0 Å². The minimum atomic E-state index is 1.09. The Morgan fingerprint density at radius 3 is 1.18 bits per heavy atom. The molecule has 40 heavy (non-hydrogen) atoms. The van der Waals surface area contributed by atoms with Gasteiger partial charge in [0.2, 0.25) is 0 Å². The van der Waals surface area contributed by atoms with Gasteiger partial charge < -0.3 is 0 Å². The van der Waals surface area contributed by atoms with Crippen LogP contribution in [0.25, 0.3) is 77.5 Å². The highest BCUT2D eigenvalue weighted by molar-refractivity contribution is 6.25. The Balaban J connectivity index is 1.69. The Hall–Kier alpha value is -5.34. The van der Waals surface area contributed by atoms with Crippen LogP contribution in [0.4, 0.5) is 0 Å². The molecule has 1 aliphatic carbocycles. The maximum atomic E-state index is 4.59. The molecule has 0 bridgehead atoms. The second-order valence-corrected chi connectivity index (χ2v) is 10.2. The van der Waals surface area contributed by atoms with Gasteiger partial charge in [-0.25, -0.2) is 0 Å². The van der Waals surface area contributed by atoms with Gasteiger partial charge in [0.25, 0.3) is 0 Å². The van der Waals surface area contributed by atoms with E-state index < -0.39 is 0 Å². The maximum absolute atomic E-state index is 4.59. The van der Waals surface area contributed by atoms with Gasteiger partial charge in [-0.05, 0) is 67.4 Å². The van der Waals surface area contributed by atoms with E-state index in [0.717, 1.165) is 11.1 Å². The molecule has 0 atom stereocenters. The third-order valence-electron chi connectivity index (χ3n) is 7.97.